The van der Waals surface area contributed by atoms with Crippen LogP contribution in [0.4, 0.5) is 16.2 Å². The highest BCUT2D eigenvalue weighted by Gasteiger charge is 2.29. The van der Waals surface area contributed by atoms with Gasteiger partial charge in [0.2, 0.25) is 5.91 Å². The molecule has 0 spiro atoms. The van der Waals surface area contributed by atoms with E-state index in [1.165, 1.54) is 0 Å². The number of amides is 3. The first kappa shape index (κ1) is 20.6. The van der Waals surface area contributed by atoms with Gasteiger partial charge in [0, 0.05) is 5.69 Å². The van der Waals surface area contributed by atoms with Crippen molar-refractivity contribution in [2.24, 2.45) is 0 Å². The van der Waals surface area contributed by atoms with E-state index in [4.69, 9.17) is 9.26 Å². The van der Waals surface area contributed by atoms with E-state index in [2.05, 4.69) is 21.1 Å². The van der Waals surface area contributed by atoms with E-state index in [0.717, 1.165) is 0 Å². The van der Waals surface area contributed by atoms with Crippen molar-refractivity contribution in [3.63, 3.8) is 0 Å². The van der Waals surface area contributed by atoms with E-state index in [9.17, 15) is 14.7 Å². The Kier molecular flexibility index (Phi) is 6.63. The Labute approximate surface area is 168 Å². The van der Waals surface area contributed by atoms with Gasteiger partial charge in [-0.1, -0.05) is 35.5 Å². The molecule has 1 aliphatic rings. The molecule has 1 aromatic carbocycles. The number of carbonyl (C=O) groups excluding carboxylic acids is 2. The quantitative estimate of drug-likeness (QED) is 0.551. The third-order valence-corrected chi connectivity index (χ3v) is 4.48. The van der Waals surface area contributed by atoms with Crippen molar-refractivity contribution in [3.05, 3.63) is 53.9 Å². The number of aromatic nitrogens is 1. The Balaban J connectivity index is 1.55. The summed E-state index contributed by atoms with van der Waals surface area (Å²) in [6, 6.07) is 8.10. The second-order valence-corrected chi connectivity index (χ2v) is 6.72. The van der Waals surface area contributed by atoms with Crippen molar-refractivity contribution in [3.8, 4) is 0 Å². The van der Waals surface area contributed by atoms with Gasteiger partial charge in [-0.3, -0.25) is 4.79 Å². The number of benzene rings is 1. The molecule has 2 aromatic rings. The zero-order chi connectivity index (χ0) is 20.8. The number of ether oxygens (including phenoxy) is 1. The molecule has 1 aromatic heterocycles. The first-order valence-electron chi connectivity index (χ1n) is 9.26. The van der Waals surface area contributed by atoms with Crippen LogP contribution in [0.3, 0.4) is 0 Å². The molecule has 1 aliphatic heterocycles. The average molecular weight is 400 g/mol. The molecule has 0 unspecified atom stereocenters. The van der Waals surface area contributed by atoms with Gasteiger partial charge >= 0.3 is 6.03 Å². The maximum absolute atomic E-state index is 12.3. The largest absolute Gasteiger partial charge is 0.394 e. The van der Waals surface area contributed by atoms with E-state index in [1.54, 1.807) is 38.1 Å². The molecule has 0 saturated heterocycles. The fraction of sp³-hybridized carbons (Fsp3) is 0.350. The number of hydrogen-bond donors (Lipinski definition) is 4. The van der Waals surface area contributed by atoms with Crippen molar-refractivity contribution in [1.29, 1.82) is 0 Å². The molecule has 3 atom stereocenters. The number of urea groups is 1. The molecule has 0 bridgehead atoms. The van der Waals surface area contributed by atoms with Gasteiger partial charge in [0.15, 0.2) is 5.76 Å². The number of rotatable bonds is 6. The van der Waals surface area contributed by atoms with E-state index < -0.39 is 24.3 Å². The summed E-state index contributed by atoms with van der Waals surface area (Å²) in [5.74, 6) is 0.293. The number of aliphatic hydroxyl groups is 1. The summed E-state index contributed by atoms with van der Waals surface area (Å²) in [7, 11) is 0. The lowest BCUT2D eigenvalue weighted by atomic mass is 10.0. The average Bonchev–Trinajstić information content (AvgIpc) is 3.01. The van der Waals surface area contributed by atoms with Gasteiger partial charge in [0.25, 0.3) is 0 Å². The lowest BCUT2D eigenvalue weighted by Crippen LogP contribution is -2.50. The number of nitrogens with one attached hydrogen (secondary N) is 3. The van der Waals surface area contributed by atoms with Gasteiger partial charge in [-0.15, -0.1) is 0 Å². The van der Waals surface area contributed by atoms with Crippen LogP contribution in [0.15, 0.2) is 47.0 Å². The zero-order valence-electron chi connectivity index (χ0n) is 16.2. The molecule has 0 fully saturated rings. The Hall–Kier alpha value is -3.17. The van der Waals surface area contributed by atoms with Crippen LogP contribution >= 0.6 is 0 Å². The molecule has 3 amide bonds. The van der Waals surface area contributed by atoms with Gasteiger partial charge in [0.1, 0.15) is 17.5 Å². The van der Waals surface area contributed by atoms with E-state index in [1.807, 2.05) is 18.2 Å². The smallest absolute Gasteiger partial charge is 0.319 e. The lowest BCUT2D eigenvalue weighted by Gasteiger charge is -2.31. The summed E-state index contributed by atoms with van der Waals surface area (Å²) in [5.41, 5.74) is 1.77. The summed E-state index contributed by atoms with van der Waals surface area (Å²) < 4.78 is 10.8. The monoisotopic (exact) mass is 400 g/mol. The van der Waals surface area contributed by atoms with Gasteiger partial charge < -0.3 is 30.3 Å². The first-order valence-corrected chi connectivity index (χ1v) is 9.26. The van der Waals surface area contributed by atoms with Gasteiger partial charge in [0.05, 0.1) is 25.2 Å². The van der Waals surface area contributed by atoms with Crippen molar-refractivity contribution in [2.45, 2.75) is 38.5 Å². The fourth-order valence-electron chi connectivity index (χ4n) is 3.01. The Morgan fingerprint density at radius 3 is 2.55 bits per heavy atom. The summed E-state index contributed by atoms with van der Waals surface area (Å²) in [4.78, 5) is 24.5. The number of aryl methyl sites for hydroxylation is 2. The van der Waals surface area contributed by atoms with Crippen LogP contribution in [0.1, 0.15) is 17.9 Å². The molecule has 0 aliphatic carbocycles. The summed E-state index contributed by atoms with van der Waals surface area (Å²) in [5, 5.41) is 21.6. The SMILES string of the molecule is Cc1noc(C)c1NC(=O)N[C@H]1C=C[C@H](CC(=O)Nc2ccccc2)O[C@H]1CO. The maximum atomic E-state index is 12.3. The summed E-state index contributed by atoms with van der Waals surface area (Å²) in [6.07, 6.45) is 2.35. The predicted molar refractivity (Wildman–Crippen MR) is 106 cm³/mol. The molecular formula is C20H24N4O5. The Bertz CT molecular complexity index is 861. The minimum Gasteiger partial charge on any atom is -0.394 e. The molecular weight excluding hydrogens is 376 g/mol. The normalized spacial score (nSPS) is 20.9. The lowest BCUT2D eigenvalue weighted by molar-refractivity contribution is -0.120. The molecule has 3 rings (SSSR count). The van der Waals surface area contributed by atoms with Crippen LogP contribution in [0.5, 0.6) is 0 Å². The first-order chi connectivity index (χ1) is 14.0. The standard InChI is InChI=1S/C20H24N4O5/c1-12-19(13(2)29-24-12)23-20(27)22-16-9-8-15(28-17(16)11-25)10-18(26)21-14-6-4-3-5-7-14/h3-9,15-17,25H,10-11H2,1-2H3,(H,21,26)(H2,22,23,27)/t15-,16+,17+/m1/s1. The molecule has 29 heavy (non-hydrogen) atoms. The summed E-state index contributed by atoms with van der Waals surface area (Å²) >= 11 is 0. The van der Waals surface area contributed by atoms with Gasteiger partial charge in [-0.05, 0) is 26.0 Å². The second-order valence-electron chi connectivity index (χ2n) is 6.72. The molecule has 0 radical (unpaired) electrons. The molecule has 9 nitrogen and oxygen atoms in total. The van der Waals surface area contributed by atoms with Crippen LogP contribution < -0.4 is 16.0 Å². The van der Waals surface area contributed by atoms with E-state index >= 15 is 0 Å². The van der Waals surface area contributed by atoms with Crippen LogP contribution in [-0.4, -0.2) is 47.1 Å². The molecule has 9 heteroatoms. The molecule has 4 N–H and O–H groups in total. The fourth-order valence-corrected chi connectivity index (χ4v) is 3.01. The van der Waals surface area contributed by atoms with E-state index in [-0.39, 0.29) is 18.9 Å². The zero-order valence-corrected chi connectivity index (χ0v) is 16.2. The topological polar surface area (TPSA) is 126 Å². The number of aliphatic hydroxyl groups excluding tert-OH is 1. The highest BCUT2D eigenvalue weighted by Crippen LogP contribution is 2.20. The Morgan fingerprint density at radius 1 is 1.14 bits per heavy atom. The van der Waals surface area contributed by atoms with Crippen molar-refractivity contribution in [2.75, 3.05) is 17.2 Å². The van der Waals surface area contributed by atoms with E-state index in [0.29, 0.717) is 22.8 Å². The van der Waals surface area contributed by atoms with Crippen molar-refractivity contribution >= 4 is 23.3 Å². The molecule has 0 saturated carbocycles. The van der Waals surface area contributed by atoms with Crippen LogP contribution in [0.25, 0.3) is 0 Å². The number of anilines is 2. The third-order valence-electron chi connectivity index (χ3n) is 4.48. The van der Waals surface area contributed by atoms with Gasteiger partial charge in [-0.25, -0.2) is 4.79 Å². The minimum absolute atomic E-state index is 0.0971. The molecule has 154 valence electrons. The number of hydrogen-bond acceptors (Lipinski definition) is 6. The third kappa shape index (κ3) is 5.43. The maximum Gasteiger partial charge on any atom is 0.319 e. The van der Waals surface area contributed by atoms with Crippen LogP contribution in [0.2, 0.25) is 0 Å². The number of nitrogens with zero attached hydrogens (tertiary/aromatic N) is 1. The predicted octanol–water partition coefficient (Wildman–Crippen LogP) is 2.13. The number of carbonyl (C=O) groups is 2. The van der Waals surface area contributed by atoms with Crippen LogP contribution in [-0.2, 0) is 9.53 Å². The molecule has 2 heterocycles. The second kappa shape index (κ2) is 9.35. The van der Waals surface area contributed by atoms with Crippen LogP contribution in [0, 0.1) is 13.8 Å². The Morgan fingerprint density at radius 2 is 1.90 bits per heavy atom. The highest BCUT2D eigenvalue weighted by molar-refractivity contribution is 5.91. The number of para-hydroxylation sites is 1. The summed E-state index contributed by atoms with van der Waals surface area (Å²) in [6.45, 7) is 3.11. The highest BCUT2D eigenvalue weighted by atomic mass is 16.5. The van der Waals surface area contributed by atoms with Crippen molar-refractivity contribution < 1.29 is 24.0 Å². The van der Waals surface area contributed by atoms with Gasteiger partial charge in [-0.2, -0.15) is 0 Å². The van der Waals surface area contributed by atoms with Crippen molar-refractivity contribution in [1.82, 2.24) is 10.5 Å². The minimum atomic E-state index is -0.676.